The summed E-state index contributed by atoms with van der Waals surface area (Å²) in [6.07, 6.45) is 5.35. The van der Waals surface area contributed by atoms with Crippen molar-refractivity contribution in [3.05, 3.63) is 70.2 Å². The van der Waals surface area contributed by atoms with Gasteiger partial charge < -0.3 is 9.88 Å². The fourth-order valence-corrected chi connectivity index (χ4v) is 3.28. The molecule has 4 rings (SSSR count). The summed E-state index contributed by atoms with van der Waals surface area (Å²) in [7, 11) is 0. The molecule has 8 heteroatoms. The number of hydrogen-bond donors (Lipinski definition) is 2. The molecule has 0 aliphatic heterocycles. The van der Waals surface area contributed by atoms with Crippen LogP contribution in [-0.2, 0) is 18.6 Å². The van der Waals surface area contributed by atoms with Crippen molar-refractivity contribution in [2.24, 2.45) is 0 Å². The molecule has 0 spiro atoms. The first-order valence-corrected chi connectivity index (χ1v) is 9.59. The van der Waals surface area contributed by atoms with Crippen molar-refractivity contribution in [1.82, 2.24) is 29.3 Å². The van der Waals surface area contributed by atoms with Crippen molar-refractivity contribution in [2.45, 2.75) is 46.3 Å². The van der Waals surface area contributed by atoms with Crippen molar-refractivity contribution in [3.63, 3.8) is 0 Å². The van der Waals surface area contributed by atoms with Crippen molar-refractivity contribution >= 4 is 17.0 Å². The second-order valence-electron chi connectivity index (χ2n) is 8.15. The summed E-state index contributed by atoms with van der Waals surface area (Å²) in [5.74, 6) is 1.42. The Labute approximate surface area is 168 Å². The molecular formula is C21H25N7O. The highest BCUT2D eigenvalue weighted by Crippen LogP contribution is 2.19. The first kappa shape index (κ1) is 18.9. The highest BCUT2D eigenvalue weighted by molar-refractivity contribution is 5.74. The standard InChI is InChI=1S/C21H25N7O/c1-14-22-8-9-27(14)13-16-7-5-6-15(10-16)11-23-20-25-18-17(19(29)26-20)12-24-28(18)21(2,3)4/h5-10,12H,11,13H2,1-4H3,(H2,23,25,26,29). The molecule has 0 saturated heterocycles. The number of nitrogens with zero attached hydrogens (tertiary/aromatic N) is 5. The van der Waals surface area contributed by atoms with Crippen LogP contribution in [0.1, 0.15) is 37.7 Å². The highest BCUT2D eigenvalue weighted by atomic mass is 16.1. The lowest BCUT2D eigenvalue weighted by atomic mass is 10.1. The van der Waals surface area contributed by atoms with Crippen LogP contribution in [0.5, 0.6) is 0 Å². The minimum Gasteiger partial charge on any atom is -0.352 e. The van der Waals surface area contributed by atoms with E-state index in [0.717, 1.165) is 17.9 Å². The Morgan fingerprint density at radius 2 is 2.00 bits per heavy atom. The Hall–Kier alpha value is -3.42. The minimum atomic E-state index is -0.264. The van der Waals surface area contributed by atoms with E-state index >= 15 is 0 Å². The normalized spacial score (nSPS) is 11.9. The maximum atomic E-state index is 12.4. The quantitative estimate of drug-likeness (QED) is 0.545. The van der Waals surface area contributed by atoms with Crippen LogP contribution >= 0.6 is 0 Å². The molecule has 0 atom stereocenters. The van der Waals surface area contributed by atoms with Gasteiger partial charge in [-0.2, -0.15) is 10.1 Å². The molecule has 0 saturated carbocycles. The number of hydrogen-bond acceptors (Lipinski definition) is 5. The van der Waals surface area contributed by atoms with Gasteiger partial charge in [-0.25, -0.2) is 9.67 Å². The van der Waals surface area contributed by atoms with Crippen LogP contribution in [0.25, 0.3) is 11.0 Å². The second-order valence-corrected chi connectivity index (χ2v) is 8.15. The maximum absolute atomic E-state index is 12.4. The molecule has 0 bridgehead atoms. The summed E-state index contributed by atoms with van der Waals surface area (Å²) in [6, 6.07) is 8.32. The SMILES string of the molecule is Cc1nccn1Cc1cccc(CNc2nc3c(cnn3C(C)(C)C)c(=O)[nH]2)c1. The Kier molecular flexibility index (Phi) is 4.70. The molecule has 1 aromatic carbocycles. The minimum absolute atomic E-state index is 0.197. The van der Waals surface area contributed by atoms with Crippen molar-refractivity contribution in [2.75, 3.05) is 5.32 Å². The number of H-pyrrole nitrogens is 1. The molecule has 4 aromatic rings. The van der Waals surface area contributed by atoms with E-state index in [9.17, 15) is 4.79 Å². The number of rotatable bonds is 5. The number of benzene rings is 1. The second kappa shape index (κ2) is 7.20. The fourth-order valence-electron chi connectivity index (χ4n) is 3.28. The van der Waals surface area contributed by atoms with Crippen LogP contribution in [0, 0.1) is 6.92 Å². The molecule has 0 fully saturated rings. The smallest absolute Gasteiger partial charge is 0.263 e. The molecule has 150 valence electrons. The van der Waals surface area contributed by atoms with E-state index < -0.39 is 0 Å². The first-order chi connectivity index (χ1) is 13.8. The molecule has 29 heavy (non-hydrogen) atoms. The summed E-state index contributed by atoms with van der Waals surface area (Å²) >= 11 is 0. The Balaban J connectivity index is 1.55. The van der Waals surface area contributed by atoms with E-state index in [0.29, 0.717) is 23.5 Å². The van der Waals surface area contributed by atoms with E-state index in [2.05, 4.69) is 42.1 Å². The van der Waals surface area contributed by atoms with Gasteiger partial charge >= 0.3 is 0 Å². The van der Waals surface area contributed by atoms with Crippen LogP contribution in [0.2, 0.25) is 0 Å². The average Bonchev–Trinajstić information content (AvgIpc) is 3.27. The number of aryl methyl sites for hydroxylation is 1. The summed E-state index contributed by atoms with van der Waals surface area (Å²) in [5.41, 5.74) is 2.41. The third-order valence-electron chi connectivity index (χ3n) is 4.80. The third-order valence-corrected chi connectivity index (χ3v) is 4.80. The van der Waals surface area contributed by atoms with Gasteiger partial charge in [0.1, 0.15) is 11.2 Å². The Bertz CT molecular complexity index is 1210. The van der Waals surface area contributed by atoms with Gasteiger partial charge in [-0.05, 0) is 38.8 Å². The molecular weight excluding hydrogens is 366 g/mol. The lowest BCUT2D eigenvalue weighted by Crippen LogP contribution is -2.24. The molecule has 0 amide bonds. The van der Waals surface area contributed by atoms with Gasteiger partial charge in [-0.3, -0.25) is 9.78 Å². The summed E-state index contributed by atoms with van der Waals surface area (Å²) in [4.78, 5) is 24.1. The first-order valence-electron chi connectivity index (χ1n) is 9.59. The Morgan fingerprint density at radius 1 is 1.21 bits per heavy atom. The fraction of sp³-hybridized carbons (Fsp3) is 0.333. The Morgan fingerprint density at radius 3 is 2.72 bits per heavy atom. The van der Waals surface area contributed by atoms with Gasteiger partial charge in [-0.15, -0.1) is 0 Å². The molecule has 0 aliphatic rings. The zero-order chi connectivity index (χ0) is 20.6. The van der Waals surface area contributed by atoms with Crippen LogP contribution < -0.4 is 10.9 Å². The molecule has 0 unspecified atom stereocenters. The zero-order valence-electron chi connectivity index (χ0n) is 17.1. The predicted octanol–water partition coefficient (Wildman–Crippen LogP) is 3.04. The number of imidazole rings is 1. The largest absolute Gasteiger partial charge is 0.352 e. The number of nitrogens with one attached hydrogen (secondary N) is 2. The van der Waals surface area contributed by atoms with Gasteiger partial charge in [0.2, 0.25) is 5.95 Å². The molecule has 3 heterocycles. The van der Waals surface area contributed by atoms with Crippen molar-refractivity contribution in [1.29, 1.82) is 0 Å². The van der Waals surface area contributed by atoms with Crippen molar-refractivity contribution < 1.29 is 0 Å². The maximum Gasteiger partial charge on any atom is 0.263 e. The molecule has 0 radical (unpaired) electrons. The van der Waals surface area contributed by atoms with Gasteiger partial charge in [0.25, 0.3) is 5.56 Å². The monoisotopic (exact) mass is 391 g/mol. The number of anilines is 1. The molecule has 0 aliphatic carbocycles. The summed E-state index contributed by atoms with van der Waals surface area (Å²) < 4.78 is 3.88. The zero-order valence-corrected chi connectivity index (χ0v) is 17.1. The summed E-state index contributed by atoms with van der Waals surface area (Å²) in [6.45, 7) is 9.40. The highest BCUT2D eigenvalue weighted by Gasteiger charge is 2.19. The number of aromatic amines is 1. The average molecular weight is 391 g/mol. The number of fused-ring (bicyclic) bond motifs is 1. The van der Waals surface area contributed by atoms with Crippen LogP contribution in [-0.4, -0.2) is 29.3 Å². The van der Waals surface area contributed by atoms with Crippen LogP contribution in [0.3, 0.4) is 0 Å². The summed E-state index contributed by atoms with van der Waals surface area (Å²) in [5, 5.41) is 8.06. The molecule has 2 N–H and O–H groups in total. The van der Waals surface area contributed by atoms with Crippen molar-refractivity contribution in [3.8, 4) is 0 Å². The van der Waals surface area contributed by atoms with Gasteiger partial charge in [-0.1, -0.05) is 24.3 Å². The van der Waals surface area contributed by atoms with Gasteiger partial charge in [0.05, 0.1) is 11.7 Å². The van der Waals surface area contributed by atoms with E-state index in [1.807, 2.05) is 46.0 Å². The van der Waals surface area contributed by atoms with E-state index in [4.69, 9.17) is 0 Å². The van der Waals surface area contributed by atoms with Gasteiger partial charge in [0.15, 0.2) is 5.65 Å². The van der Waals surface area contributed by atoms with Gasteiger partial charge in [0, 0.05) is 25.5 Å². The molecule has 3 aromatic heterocycles. The third kappa shape index (κ3) is 3.91. The van der Waals surface area contributed by atoms with E-state index in [1.54, 1.807) is 17.1 Å². The van der Waals surface area contributed by atoms with Crippen LogP contribution in [0.15, 0.2) is 47.7 Å². The lowest BCUT2D eigenvalue weighted by molar-refractivity contribution is 0.366. The van der Waals surface area contributed by atoms with E-state index in [-0.39, 0.29) is 11.1 Å². The number of aromatic nitrogens is 6. The predicted molar refractivity (Wildman–Crippen MR) is 113 cm³/mol. The topological polar surface area (TPSA) is 93.4 Å². The van der Waals surface area contributed by atoms with Crippen LogP contribution in [0.4, 0.5) is 5.95 Å². The lowest BCUT2D eigenvalue weighted by Gasteiger charge is -2.19. The molecule has 8 nitrogen and oxygen atoms in total. The van der Waals surface area contributed by atoms with E-state index in [1.165, 1.54) is 5.56 Å².